The van der Waals surface area contributed by atoms with Crippen molar-refractivity contribution in [1.29, 1.82) is 0 Å². The maximum Gasteiger partial charge on any atom is 0.254 e. The molecule has 4 rings (SSSR count). The van der Waals surface area contributed by atoms with Crippen molar-refractivity contribution >= 4 is 22.6 Å². The quantitative estimate of drug-likeness (QED) is 0.734. The molecule has 26 heavy (non-hydrogen) atoms. The van der Waals surface area contributed by atoms with E-state index in [0.29, 0.717) is 6.54 Å². The van der Waals surface area contributed by atoms with Crippen molar-refractivity contribution < 1.29 is 4.79 Å². The lowest BCUT2D eigenvalue weighted by Gasteiger charge is -2.14. The number of imidazole rings is 1. The zero-order valence-electron chi connectivity index (χ0n) is 15.8. The van der Waals surface area contributed by atoms with Gasteiger partial charge in [-0.25, -0.2) is 4.98 Å². The summed E-state index contributed by atoms with van der Waals surface area (Å²) >= 11 is 0. The third-order valence-electron chi connectivity index (χ3n) is 5.29. The highest BCUT2D eigenvalue weighted by atomic mass is 16.2. The van der Waals surface area contributed by atoms with Crippen LogP contribution in [0.5, 0.6) is 0 Å². The molecule has 0 saturated carbocycles. The van der Waals surface area contributed by atoms with Gasteiger partial charge in [0.15, 0.2) is 0 Å². The minimum Gasteiger partial charge on any atom is -0.379 e. The predicted octanol–water partition coefficient (Wildman–Crippen LogP) is 3.57. The molecule has 1 saturated heterocycles. The van der Waals surface area contributed by atoms with Crippen molar-refractivity contribution in [3.05, 3.63) is 58.4 Å². The number of benzene rings is 2. The van der Waals surface area contributed by atoms with Crippen LogP contribution in [0.2, 0.25) is 0 Å². The number of amides is 1. The second kappa shape index (κ2) is 6.16. The summed E-state index contributed by atoms with van der Waals surface area (Å²) in [4.78, 5) is 19.1. The molecule has 0 aliphatic carbocycles. The van der Waals surface area contributed by atoms with Gasteiger partial charge in [-0.05, 0) is 49.6 Å². The van der Waals surface area contributed by atoms with E-state index in [1.54, 1.807) is 0 Å². The summed E-state index contributed by atoms with van der Waals surface area (Å²) in [6.07, 6.45) is 0. The average Bonchev–Trinajstić information content (AvgIpc) is 3.41. The number of nitrogens with zero attached hydrogens (tertiary/aromatic N) is 3. The third kappa shape index (κ3) is 2.83. The van der Waals surface area contributed by atoms with Crippen LogP contribution in [0.1, 0.15) is 32.9 Å². The van der Waals surface area contributed by atoms with Crippen molar-refractivity contribution in [2.45, 2.75) is 27.3 Å². The molecule has 2 aromatic carbocycles. The molecule has 1 N–H and O–H groups in total. The van der Waals surface area contributed by atoms with Crippen LogP contribution in [-0.4, -0.2) is 33.4 Å². The highest BCUT2D eigenvalue weighted by Gasteiger charge is 2.26. The molecule has 3 aromatic rings. The molecule has 0 spiro atoms. The van der Waals surface area contributed by atoms with Crippen LogP contribution in [0.25, 0.3) is 11.0 Å². The highest BCUT2D eigenvalue weighted by molar-refractivity contribution is 6.02. The van der Waals surface area contributed by atoms with Crippen molar-refractivity contribution in [2.75, 3.05) is 18.4 Å². The largest absolute Gasteiger partial charge is 0.379 e. The van der Waals surface area contributed by atoms with Gasteiger partial charge < -0.3 is 14.8 Å². The number of hydrogen-bond acceptors (Lipinski definition) is 3. The van der Waals surface area contributed by atoms with Gasteiger partial charge in [-0.2, -0.15) is 0 Å². The van der Waals surface area contributed by atoms with E-state index in [9.17, 15) is 4.79 Å². The number of rotatable bonds is 4. The topological polar surface area (TPSA) is 49.9 Å². The SMILES string of the molecule is Cc1cccc(C)c1CNc1cc(C(=O)N2CC2)cc2c1nc(C)n2C. The van der Waals surface area contributed by atoms with E-state index in [0.717, 1.165) is 41.2 Å². The molecule has 0 bridgehead atoms. The summed E-state index contributed by atoms with van der Waals surface area (Å²) in [7, 11) is 1.99. The minimum atomic E-state index is 0.0980. The van der Waals surface area contributed by atoms with Crippen molar-refractivity contribution in [3.8, 4) is 0 Å². The lowest BCUT2D eigenvalue weighted by molar-refractivity contribution is 0.0885. The summed E-state index contributed by atoms with van der Waals surface area (Å²) in [5.74, 6) is 1.03. The fraction of sp³-hybridized carbons (Fsp3) is 0.333. The Hall–Kier alpha value is -2.82. The van der Waals surface area contributed by atoms with Crippen molar-refractivity contribution in [1.82, 2.24) is 14.5 Å². The van der Waals surface area contributed by atoms with Gasteiger partial charge in [0.2, 0.25) is 0 Å². The third-order valence-corrected chi connectivity index (χ3v) is 5.29. The second-order valence-corrected chi connectivity index (χ2v) is 7.13. The molecule has 5 heteroatoms. The highest BCUT2D eigenvalue weighted by Crippen LogP contribution is 2.28. The molecular weight excluding hydrogens is 324 g/mol. The van der Waals surface area contributed by atoms with Crippen LogP contribution >= 0.6 is 0 Å². The Morgan fingerprint density at radius 2 is 1.85 bits per heavy atom. The Morgan fingerprint density at radius 3 is 2.50 bits per heavy atom. The summed E-state index contributed by atoms with van der Waals surface area (Å²) in [5.41, 5.74) is 7.36. The first kappa shape index (κ1) is 16.6. The van der Waals surface area contributed by atoms with Gasteiger partial charge in [0.25, 0.3) is 5.91 Å². The number of carbonyl (C=O) groups is 1. The summed E-state index contributed by atoms with van der Waals surface area (Å²) in [6, 6.07) is 10.2. The molecule has 0 radical (unpaired) electrons. The fourth-order valence-corrected chi connectivity index (χ4v) is 3.41. The van der Waals surface area contributed by atoms with Gasteiger partial charge >= 0.3 is 0 Å². The fourth-order valence-electron chi connectivity index (χ4n) is 3.41. The second-order valence-electron chi connectivity index (χ2n) is 7.13. The molecule has 1 amide bonds. The Kier molecular flexibility index (Phi) is 3.94. The Bertz CT molecular complexity index is 994. The van der Waals surface area contributed by atoms with Gasteiger partial charge in [0.05, 0.1) is 11.2 Å². The first-order valence-corrected chi connectivity index (χ1v) is 9.01. The van der Waals surface area contributed by atoms with E-state index in [1.165, 1.54) is 16.7 Å². The monoisotopic (exact) mass is 348 g/mol. The van der Waals surface area contributed by atoms with E-state index >= 15 is 0 Å². The van der Waals surface area contributed by atoms with Gasteiger partial charge in [-0.1, -0.05) is 18.2 Å². The molecule has 2 heterocycles. The Labute approximate surface area is 153 Å². The summed E-state index contributed by atoms with van der Waals surface area (Å²) < 4.78 is 2.04. The first-order chi connectivity index (χ1) is 12.5. The van der Waals surface area contributed by atoms with Crippen LogP contribution in [0, 0.1) is 20.8 Å². The average molecular weight is 348 g/mol. The molecule has 0 unspecified atom stereocenters. The van der Waals surface area contributed by atoms with E-state index in [-0.39, 0.29) is 5.91 Å². The molecule has 1 fully saturated rings. The number of aryl methyl sites for hydroxylation is 4. The van der Waals surface area contributed by atoms with Crippen LogP contribution in [0.15, 0.2) is 30.3 Å². The molecule has 134 valence electrons. The van der Waals surface area contributed by atoms with Gasteiger partial charge in [-0.15, -0.1) is 0 Å². The summed E-state index contributed by atoms with van der Waals surface area (Å²) in [6.45, 7) is 8.67. The lowest BCUT2D eigenvalue weighted by atomic mass is 10.0. The first-order valence-electron chi connectivity index (χ1n) is 9.01. The molecule has 1 aromatic heterocycles. The van der Waals surface area contributed by atoms with Crippen LogP contribution in [0.3, 0.4) is 0 Å². The maximum absolute atomic E-state index is 12.6. The molecule has 5 nitrogen and oxygen atoms in total. The number of anilines is 1. The standard InChI is InChI=1S/C21H24N4O/c1-13-6-5-7-14(2)17(13)12-22-18-10-16(21(26)25-8-9-25)11-19-20(18)23-15(3)24(19)4/h5-7,10-11,22H,8-9,12H2,1-4H3. The van der Waals surface area contributed by atoms with Crippen molar-refractivity contribution in [2.24, 2.45) is 7.05 Å². The van der Waals surface area contributed by atoms with Crippen molar-refractivity contribution in [3.63, 3.8) is 0 Å². The van der Waals surface area contributed by atoms with Crippen LogP contribution < -0.4 is 5.32 Å². The molecule has 1 aliphatic rings. The zero-order chi connectivity index (χ0) is 18.4. The number of fused-ring (bicyclic) bond motifs is 1. The van der Waals surface area contributed by atoms with E-state index in [2.05, 4.69) is 37.4 Å². The zero-order valence-corrected chi connectivity index (χ0v) is 15.8. The van der Waals surface area contributed by atoms with E-state index in [1.807, 2.05) is 35.6 Å². The van der Waals surface area contributed by atoms with E-state index in [4.69, 9.17) is 4.98 Å². The minimum absolute atomic E-state index is 0.0980. The van der Waals surface area contributed by atoms with E-state index < -0.39 is 0 Å². The number of nitrogens with one attached hydrogen (secondary N) is 1. The lowest BCUT2D eigenvalue weighted by Crippen LogP contribution is -2.12. The maximum atomic E-state index is 12.6. The van der Waals surface area contributed by atoms with Gasteiger partial charge in [0, 0.05) is 32.2 Å². The molecular formula is C21H24N4O. The molecule has 0 atom stereocenters. The van der Waals surface area contributed by atoms with Crippen LogP contribution in [-0.2, 0) is 13.6 Å². The molecule has 1 aliphatic heterocycles. The number of hydrogen-bond donors (Lipinski definition) is 1. The van der Waals surface area contributed by atoms with Crippen LogP contribution in [0.4, 0.5) is 5.69 Å². The Morgan fingerprint density at radius 1 is 1.15 bits per heavy atom. The summed E-state index contributed by atoms with van der Waals surface area (Å²) in [5, 5.41) is 3.53. The normalized spacial score (nSPS) is 13.3. The smallest absolute Gasteiger partial charge is 0.254 e. The Balaban J connectivity index is 1.75. The van der Waals surface area contributed by atoms with Gasteiger partial charge in [-0.3, -0.25) is 4.79 Å². The van der Waals surface area contributed by atoms with Gasteiger partial charge in [0.1, 0.15) is 11.3 Å². The predicted molar refractivity (Wildman–Crippen MR) is 105 cm³/mol. The number of aromatic nitrogens is 2. The number of carbonyl (C=O) groups excluding carboxylic acids is 1.